The second-order valence-corrected chi connectivity index (χ2v) is 8.49. The van der Waals surface area contributed by atoms with Crippen LogP contribution in [0, 0.1) is 0 Å². The van der Waals surface area contributed by atoms with Crippen molar-refractivity contribution in [1.82, 2.24) is 5.32 Å². The highest BCUT2D eigenvalue weighted by atomic mass is 32.2. The van der Waals surface area contributed by atoms with Crippen molar-refractivity contribution in [3.05, 3.63) is 65.2 Å². The fourth-order valence-corrected chi connectivity index (χ4v) is 3.67. The second kappa shape index (κ2) is 9.17. The van der Waals surface area contributed by atoms with E-state index in [4.69, 9.17) is 9.88 Å². The number of hydrogen-bond donors (Lipinski definition) is 3. The first kappa shape index (κ1) is 21.0. The topological polar surface area (TPSA) is 128 Å². The zero-order valence-electron chi connectivity index (χ0n) is 15.8. The van der Waals surface area contributed by atoms with Crippen LogP contribution in [0.4, 0.5) is 5.69 Å². The Morgan fingerprint density at radius 3 is 2.48 bits per heavy atom. The number of sulfonamides is 1. The number of rotatable bonds is 7. The van der Waals surface area contributed by atoms with Gasteiger partial charge in [0.15, 0.2) is 0 Å². The van der Waals surface area contributed by atoms with Gasteiger partial charge in [-0.25, -0.2) is 13.6 Å². The fraction of sp³-hybridized carbons (Fsp3) is 0.300. The summed E-state index contributed by atoms with van der Waals surface area (Å²) in [4.78, 5) is 24.6. The van der Waals surface area contributed by atoms with E-state index in [0.29, 0.717) is 29.8 Å². The zero-order valence-corrected chi connectivity index (χ0v) is 16.6. The van der Waals surface area contributed by atoms with Crippen LogP contribution in [0.25, 0.3) is 0 Å². The lowest BCUT2D eigenvalue weighted by Gasteiger charge is -2.11. The molecular formula is C20H23N3O5S. The highest BCUT2D eigenvalue weighted by molar-refractivity contribution is 7.88. The molecule has 0 bridgehead atoms. The Labute approximate surface area is 169 Å². The number of anilines is 1. The number of primary sulfonamides is 1. The molecule has 0 aromatic heterocycles. The Balaban J connectivity index is 1.56. The van der Waals surface area contributed by atoms with Crippen molar-refractivity contribution in [2.24, 2.45) is 5.14 Å². The Morgan fingerprint density at radius 2 is 1.83 bits per heavy atom. The molecule has 1 unspecified atom stereocenters. The first-order valence-electron chi connectivity index (χ1n) is 9.19. The number of nitrogens with two attached hydrogens (primary N) is 1. The molecule has 0 spiro atoms. The molecular weight excluding hydrogens is 394 g/mol. The van der Waals surface area contributed by atoms with Crippen LogP contribution in [0.3, 0.4) is 0 Å². The minimum absolute atomic E-state index is 0.209. The molecule has 4 N–H and O–H groups in total. The summed E-state index contributed by atoms with van der Waals surface area (Å²) in [5, 5.41) is 10.6. The molecule has 1 aliphatic heterocycles. The number of carbonyl (C=O) groups excluding carboxylic acids is 2. The Bertz CT molecular complexity index is 983. The van der Waals surface area contributed by atoms with Gasteiger partial charge < -0.3 is 15.4 Å². The number of hydrogen-bond acceptors (Lipinski definition) is 5. The van der Waals surface area contributed by atoms with Gasteiger partial charge in [0.25, 0.3) is 11.8 Å². The smallest absolute Gasteiger partial charge is 0.253 e. The Kier molecular flexibility index (Phi) is 6.63. The molecule has 29 heavy (non-hydrogen) atoms. The van der Waals surface area contributed by atoms with Crippen molar-refractivity contribution in [2.75, 3.05) is 11.9 Å². The van der Waals surface area contributed by atoms with Crippen molar-refractivity contribution in [3.8, 4) is 0 Å². The van der Waals surface area contributed by atoms with Crippen LogP contribution in [0.1, 0.15) is 34.3 Å². The van der Waals surface area contributed by atoms with E-state index in [0.717, 1.165) is 12.0 Å². The maximum Gasteiger partial charge on any atom is 0.253 e. The van der Waals surface area contributed by atoms with E-state index in [9.17, 15) is 18.0 Å². The second-order valence-electron chi connectivity index (χ2n) is 6.88. The van der Waals surface area contributed by atoms with Crippen LogP contribution in [0.5, 0.6) is 0 Å². The van der Waals surface area contributed by atoms with Crippen molar-refractivity contribution in [3.63, 3.8) is 0 Å². The van der Waals surface area contributed by atoms with E-state index < -0.39 is 16.1 Å². The molecule has 1 saturated heterocycles. The van der Waals surface area contributed by atoms with Gasteiger partial charge in [0.05, 0.1) is 5.75 Å². The third-order valence-electron chi connectivity index (χ3n) is 4.46. The summed E-state index contributed by atoms with van der Waals surface area (Å²) >= 11 is 0. The average molecular weight is 417 g/mol. The van der Waals surface area contributed by atoms with Crippen LogP contribution in [0.2, 0.25) is 0 Å². The monoisotopic (exact) mass is 417 g/mol. The third-order valence-corrected chi connectivity index (χ3v) is 5.19. The first-order chi connectivity index (χ1) is 13.8. The molecule has 3 rings (SSSR count). The van der Waals surface area contributed by atoms with Crippen LogP contribution < -0.4 is 15.8 Å². The normalized spacial score (nSPS) is 16.4. The number of benzene rings is 2. The molecule has 0 aliphatic carbocycles. The number of amides is 2. The predicted molar refractivity (Wildman–Crippen MR) is 108 cm³/mol. The summed E-state index contributed by atoms with van der Waals surface area (Å²) in [6.07, 6.45) is 1.12. The van der Waals surface area contributed by atoms with Crippen LogP contribution in [-0.2, 0) is 31.9 Å². The lowest BCUT2D eigenvalue weighted by Crippen LogP contribution is -2.27. The third kappa shape index (κ3) is 6.38. The van der Waals surface area contributed by atoms with Gasteiger partial charge in [-0.15, -0.1) is 0 Å². The van der Waals surface area contributed by atoms with E-state index >= 15 is 0 Å². The predicted octanol–water partition coefficient (Wildman–Crippen LogP) is 1.52. The summed E-state index contributed by atoms with van der Waals surface area (Å²) in [5.74, 6) is -0.726. The van der Waals surface area contributed by atoms with Gasteiger partial charge >= 0.3 is 0 Å². The van der Waals surface area contributed by atoms with Gasteiger partial charge in [0, 0.05) is 24.4 Å². The quantitative estimate of drug-likeness (QED) is 0.629. The molecule has 0 saturated carbocycles. The highest BCUT2D eigenvalue weighted by Crippen LogP contribution is 2.16. The SMILES string of the molecule is NS(=O)(=O)Cc1ccc(CNC(=O)c2cccc(NC(=O)C3CCCO3)c2)cc1. The van der Waals surface area contributed by atoms with Crippen LogP contribution in [0.15, 0.2) is 48.5 Å². The van der Waals surface area contributed by atoms with E-state index in [1.54, 1.807) is 48.5 Å². The van der Waals surface area contributed by atoms with Gasteiger partial charge in [0.2, 0.25) is 10.0 Å². The molecule has 2 aromatic carbocycles. The molecule has 2 aromatic rings. The Hall–Kier alpha value is -2.75. The molecule has 0 radical (unpaired) electrons. The van der Waals surface area contributed by atoms with Crippen molar-refractivity contribution >= 4 is 27.5 Å². The van der Waals surface area contributed by atoms with Gasteiger partial charge in [-0.3, -0.25) is 9.59 Å². The number of nitrogens with one attached hydrogen (secondary N) is 2. The lowest BCUT2D eigenvalue weighted by molar-refractivity contribution is -0.124. The first-order valence-corrected chi connectivity index (χ1v) is 10.9. The van der Waals surface area contributed by atoms with Gasteiger partial charge in [-0.1, -0.05) is 30.3 Å². The summed E-state index contributed by atoms with van der Waals surface area (Å²) in [7, 11) is -3.58. The van der Waals surface area contributed by atoms with Crippen molar-refractivity contribution in [1.29, 1.82) is 0 Å². The molecule has 1 aliphatic rings. The van der Waals surface area contributed by atoms with E-state index in [1.165, 1.54) is 0 Å². The number of ether oxygens (including phenoxy) is 1. The van der Waals surface area contributed by atoms with E-state index in [-0.39, 0.29) is 24.1 Å². The standard InChI is InChI=1S/C20H23N3O5S/c21-29(26,27)13-15-8-6-14(7-9-15)12-22-19(24)16-3-1-4-17(11-16)23-20(25)18-5-2-10-28-18/h1,3-4,6-9,11,18H,2,5,10,12-13H2,(H,22,24)(H,23,25)(H2,21,26,27). The summed E-state index contributed by atoms with van der Waals surface area (Å²) in [6, 6.07) is 13.5. The van der Waals surface area contributed by atoms with Crippen LogP contribution in [-0.4, -0.2) is 32.9 Å². The van der Waals surface area contributed by atoms with E-state index in [1.807, 2.05) is 0 Å². The summed E-state index contributed by atoms with van der Waals surface area (Å²) in [6.45, 7) is 0.866. The number of carbonyl (C=O) groups is 2. The summed E-state index contributed by atoms with van der Waals surface area (Å²) in [5.41, 5.74) is 2.35. The van der Waals surface area contributed by atoms with Gasteiger partial charge in [0.1, 0.15) is 6.10 Å². The van der Waals surface area contributed by atoms with Crippen LogP contribution >= 0.6 is 0 Å². The average Bonchev–Trinajstić information content (AvgIpc) is 3.21. The molecule has 9 heteroatoms. The Morgan fingerprint density at radius 1 is 1.10 bits per heavy atom. The molecule has 154 valence electrons. The minimum Gasteiger partial charge on any atom is -0.368 e. The molecule has 8 nitrogen and oxygen atoms in total. The molecule has 1 atom stereocenters. The lowest BCUT2D eigenvalue weighted by atomic mass is 10.1. The van der Waals surface area contributed by atoms with Gasteiger partial charge in [-0.05, 0) is 42.2 Å². The largest absolute Gasteiger partial charge is 0.368 e. The summed E-state index contributed by atoms with van der Waals surface area (Å²) < 4.78 is 27.6. The van der Waals surface area contributed by atoms with Crippen molar-refractivity contribution < 1.29 is 22.7 Å². The molecule has 1 fully saturated rings. The van der Waals surface area contributed by atoms with Crippen molar-refractivity contribution in [2.45, 2.75) is 31.2 Å². The zero-order chi connectivity index (χ0) is 20.9. The van der Waals surface area contributed by atoms with Gasteiger partial charge in [-0.2, -0.15) is 0 Å². The molecule has 1 heterocycles. The fourth-order valence-electron chi connectivity index (χ4n) is 3.02. The highest BCUT2D eigenvalue weighted by Gasteiger charge is 2.23. The van der Waals surface area contributed by atoms with E-state index in [2.05, 4.69) is 10.6 Å². The minimum atomic E-state index is -3.58. The maximum absolute atomic E-state index is 12.4. The molecule has 2 amide bonds. The maximum atomic E-state index is 12.4.